The maximum atomic E-state index is 12.5. The summed E-state index contributed by atoms with van der Waals surface area (Å²) in [6, 6.07) is -0.0547. The topological polar surface area (TPSA) is 75.4 Å². The van der Waals surface area contributed by atoms with Gasteiger partial charge in [-0.1, -0.05) is 11.6 Å². The van der Waals surface area contributed by atoms with Crippen LogP contribution >= 0.6 is 11.6 Å². The van der Waals surface area contributed by atoms with Gasteiger partial charge < -0.3 is 9.67 Å². The monoisotopic (exact) mass is 321 g/mol. The average Bonchev–Trinajstić information content (AvgIpc) is 2.79. The van der Waals surface area contributed by atoms with Crippen molar-refractivity contribution in [1.82, 2.24) is 13.9 Å². The molecule has 0 bridgehead atoms. The maximum absolute atomic E-state index is 12.5. The molecule has 114 valence electrons. The summed E-state index contributed by atoms with van der Waals surface area (Å²) in [5.41, 5.74) is 0. The second-order valence-electron chi connectivity index (χ2n) is 5.33. The molecule has 1 N–H and O–H groups in total. The molecule has 0 saturated heterocycles. The number of aryl methyl sites for hydroxylation is 1. The lowest BCUT2D eigenvalue weighted by molar-refractivity contribution is 0.159. The zero-order chi connectivity index (χ0) is 14.9. The number of imidazole rings is 1. The van der Waals surface area contributed by atoms with Crippen molar-refractivity contribution in [2.75, 3.05) is 13.7 Å². The fourth-order valence-corrected chi connectivity index (χ4v) is 4.39. The van der Waals surface area contributed by atoms with Gasteiger partial charge in [0.2, 0.25) is 5.03 Å². The quantitative estimate of drug-likeness (QED) is 0.905. The van der Waals surface area contributed by atoms with Gasteiger partial charge in [-0.05, 0) is 31.6 Å². The average molecular weight is 322 g/mol. The van der Waals surface area contributed by atoms with Crippen LogP contribution in [0.1, 0.15) is 25.7 Å². The van der Waals surface area contributed by atoms with Gasteiger partial charge in [0, 0.05) is 26.7 Å². The Bertz CT molecular complexity index is 565. The van der Waals surface area contributed by atoms with Gasteiger partial charge in [-0.15, -0.1) is 0 Å². The smallest absolute Gasteiger partial charge is 0.263 e. The molecule has 1 aromatic rings. The van der Waals surface area contributed by atoms with E-state index in [-0.39, 0.29) is 22.8 Å². The number of aliphatic hydroxyl groups excluding tert-OH is 1. The Hall–Kier alpha value is -0.630. The largest absolute Gasteiger partial charge is 0.396 e. The van der Waals surface area contributed by atoms with E-state index < -0.39 is 10.0 Å². The summed E-state index contributed by atoms with van der Waals surface area (Å²) in [5, 5.41) is 9.17. The van der Waals surface area contributed by atoms with Gasteiger partial charge in [0.25, 0.3) is 10.0 Å². The molecule has 0 unspecified atom stereocenters. The van der Waals surface area contributed by atoms with Crippen LogP contribution in [0.2, 0.25) is 5.15 Å². The van der Waals surface area contributed by atoms with Crippen LogP contribution in [0, 0.1) is 5.92 Å². The summed E-state index contributed by atoms with van der Waals surface area (Å²) < 4.78 is 27.9. The summed E-state index contributed by atoms with van der Waals surface area (Å²) in [5.74, 6) is 0.292. The van der Waals surface area contributed by atoms with Crippen molar-refractivity contribution in [3.05, 3.63) is 11.5 Å². The number of rotatable bonds is 4. The Morgan fingerprint density at radius 2 is 2.05 bits per heavy atom. The van der Waals surface area contributed by atoms with Crippen LogP contribution in [0.3, 0.4) is 0 Å². The van der Waals surface area contributed by atoms with E-state index in [0.29, 0.717) is 5.92 Å². The van der Waals surface area contributed by atoms with Crippen molar-refractivity contribution in [2.45, 2.75) is 36.8 Å². The molecule has 1 aliphatic rings. The van der Waals surface area contributed by atoms with Gasteiger partial charge >= 0.3 is 0 Å². The molecule has 1 heterocycles. The third kappa shape index (κ3) is 2.86. The summed E-state index contributed by atoms with van der Waals surface area (Å²) in [6.45, 7) is 0.176. The molecule has 0 aliphatic heterocycles. The minimum Gasteiger partial charge on any atom is -0.396 e. The van der Waals surface area contributed by atoms with Crippen molar-refractivity contribution in [3.63, 3.8) is 0 Å². The van der Waals surface area contributed by atoms with Gasteiger partial charge in [-0.2, -0.15) is 4.31 Å². The molecule has 1 aliphatic carbocycles. The minimum absolute atomic E-state index is 0.0547. The van der Waals surface area contributed by atoms with E-state index in [1.54, 1.807) is 14.1 Å². The predicted octanol–water partition coefficient (Wildman–Crippen LogP) is 1.25. The number of nitrogens with zero attached hydrogens (tertiary/aromatic N) is 3. The highest BCUT2D eigenvalue weighted by atomic mass is 35.5. The Labute approximate surface area is 124 Å². The van der Waals surface area contributed by atoms with Gasteiger partial charge in [-0.25, -0.2) is 13.4 Å². The van der Waals surface area contributed by atoms with E-state index in [4.69, 9.17) is 16.7 Å². The molecule has 1 aromatic heterocycles. The molecule has 1 fully saturated rings. The third-order valence-corrected chi connectivity index (χ3v) is 6.45. The first-order valence-corrected chi connectivity index (χ1v) is 8.45. The van der Waals surface area contributed by atoms with Crippen LogP contribution in [0.25, 0.3) is 0 Å². The highest BCUT2D eigenvalue weighted by molar-refractivity contribution is 7.89. The first-order chi connectivity index (χ1) is 9.37. The summed E-state index contributed by atoms with van der Waals surface area (Å²) in [6.07, 6.45) is 4.59. The molecular weight excluding hydrogens is 302 g/mol. The lowest BCUT2D eigenvalue weighted by Gasteiger charge is -2.33. The number of sulfonamides is 1. The molecule has 6 nitrogen and oxygen atoms in total. The molecule has 2 rings (SSSR count). The lowest BCUT2D eigenvalue weighted by Crippen LogP contribution is -2.40. The summed E-state index contributed by atoms with van der Waals surface area (Å²) >= 11 is 5.98. The fraction of sp³-hybridized carbons (Fsp3) is 0.750. The van der Waals surface area contributed by atoms with E-state index in [1.165, 1.54) is 15.2 Å². The van der Waals surface area contributed by atoms with Crippen LogP contribution in [-0.2, 0) is 17.1 Å². The standard InChI is InChI=1S/C12H20ClN3O3S/c1-15-8-14-12(11(15)13)20(18,19)16(2)10-5-3-9(7-17)4-6-10/h8-10,17H,3-7H2,1-2H3. The van der Waals surface area contributed by atoms with E-state index in [1.807, 2.05) is 0 Å². The highest BCUT2D eigenvalue weighted by Gasteiger charge is 2.34. The van der Waals surface area contributed by atoms with Crippen molar-refractivity contribution in [2.24, 2.45) is 13.0 Å². The molecule has 8 heteroatoms. The van der Waals surface area contributed by atoms with Crippen LogP contribution < -0.4 is 0 Å². The second-order valence-corrected chi connectivity index (χ2v) is 7.60. The van der Waals surface area contributed by atoms with Crippen molar-refractivity contribution < 1.29 is 13.5 Å². The van der Waals surface area contributed by atoms with E-state index in [2.05, 4.69) is 4.98 Å². The van der Waals surface area contributed by atoms with Crippen LogP contribution in [0.5, 0.6) is 0 Å². The molecular formula is C12H20ClN3O3S. The summed E-state index contributed by atoms with van der Waals surface area (Å²) in [7, 11) is -0.438. The Kier molecular flexibility index (Phi) is 4.73. The number of halogens is 1. The first-order valence-electron chi connectivity index (χ1n) is 6.63. The molecule has 20 heavy (non-hydrogen) atoms. The van der Waals surface area contributed by atoms with Gasteiger partial charge in [-0.3, -0.25) is 0 Å². The van der Waals surface area contributed by atoms with E-state index >= 15 is 0 Å². The fourth-order valence-electron chi connectivity index (χ4n) is 2.59. The zero-order valence-corrected chi connectivity index (χ0v) is 13.2. The number of aliphatic hydroxyl groups is 1. The lowest BCUT2D eigenvalue weighted by atomic mass is 9.87. The van der Waals surface area contributed by atoms with Gasteiger partial charge in [0.15, 0.2) is 0 Å². The van der Waals surface area contributed by atoms with Crippen molar-refractivity contribution in [3.8, 4) is 0 Å². The zero-order valence-electron chi connectivity index (χ0n) is 11.7. The Morgan fingerprint density at radius 3 is 2.50 bits per heavy atom. The van der Waals surface area contributed by atoms with Crippen LogP contribution in [-0.4, -0.2) is 47.1 Å². The number of aromatic nitrogens is 2. The van der Waals surface area contributed by atoms with Crippen molar-refractivity contribution in [1.29, 1.82) is 0 Å². The number of hydrogen-bond acceptors (Lipinski definition) is 4. The summed E-state index contributed by atoms with van der Waals surface area (Å²) in [4.78, 5) is 3.90. The van der Waals surface area contributed by atoms with Gasteiger partial charge in [0.1, 0.15) is 5.15 Å². The molecule has 0 radical (unpaired) electrons. The Morgan fingerprint density at radius 1 is 1.45 bits per heavy atom. The molecule has 0 aromatic carbocycles. The van der Waals surface area contributed by atoms with E-state index in [9.17, 15) is 8.42 Å². The number of hydrogen-bond donors (Lipinski definition) is 1. The van der Waals surface area contributed by atoms with Crippen LogP contribution in [0.15, 0.2) is 11.4 Å². The predicted molar refractivity (Wildman–Crippen MR) is 76.0 cm³/mol. The third-order valence-electron chi connectivity index (χ3n) is 4.05. The molecule has 0 atom stereocenters. The Balaban J connectivity index is 2.16. The highest BCUT2D eigenvalue weighted by Crippen LogP contribution is 2.30. The SMILES string of the molecule is CN(C1CCC(CO)CC1)S(=O)(=O)c1ncn(C)c1Cl. The first kappa shape index (κ1) is 15.8. The van der Waals surface area contributed by atoms with Crippen molar-refractivity contribution >= 4 is 21.6 Å². The molecule has 1 saturated carbocycles. The normalized spacial score (nSPS) is 24.2. The second kappa shape index (κ2) is 6.01. The molecule has 0 amide bonds. The molecule has 0 spiro atoms. The van der Waals surface area contributed by atoms with E-state index in [0.717, 1.165) is 25.7 Å². The minimum atomic E-state index is -3.67. The maximum Gasteiger partial charge on any atom is 0.263 e. The van der Waals surface area contributed by atoms with Crippen LogP contribution in [0.4, 0.5) is 0 Å². The van der Waals surface area contributed by atoms with Gasteiger partial charge in [0.05, 0.1) is 6.33 Å².